The zero-order valence-corrected chi connectivity index (χ0v) is 19.8. The summed E-state index contributed by atoms with van der Waals surface area (Å²) in [6, 6.07) is 16.2. The molecule has 2 heterocycles. The van der Waals surface area contributed by atoms with Crippen LogP contribution in [0.3, 0.4) is 0 Å². The number of hydrogen-bond donors (Lipinski definition) is 1. The second-order valence-electron chi connectivity index (χ2n) is 9.11. The Morgan fingerprint density at radius 3 is 2.37 bits per heavy atom. The third kappa shape index (κ3) is 5.65. The van der Waals surface area contributed by atoms with Gasteiger partial charge in [0.25, 0.3) is 5.56 Å². The summed E-state index contributed by atoms with van der Waals surface area (Å²) < 4.78 is 15.6. The molecule has 182 valence electrons. The highest BCUT2D eigenvalue weighted by Gasteiger charge is 2.40. The molecule has 2 aromatic carbocycles. The van der Waals surface area contributed by atoms with Crippen LogP contribution in [0.2, 0.25) is 0 Å². The number of alkyl halides is 1. The molecule has 0 radical (unpaired) electrons. The highest BCUT2D eigenvalue weighted by Crippen LogP contribution is 2.27. The molecular formula is C27H29FN4O3. The summed E-state index contributed by atoms with van der Waals surface area (Å²) in [4.78, 5) is 43.3. The number of carbonyl (C=O) groups is 2. The molecule has 0 aliphatic carbocycles. The zero-order valence-electron chi connectivity index (χ0n) is 19.8. The van der Waals surface area contributed by atoms with E-state index in [-0.39, 0.29) is 19.5 Å². The van der Waals surface area contributed by atoms with Crippen molar-refractivity contribution in [1.82, 2.24) is 19.8 Å². The maximum atomic E-state index is 14.4. The Morgan fingerprint density at radius 2 is 1.71 bits per heavy atom. The van der Waals surface area contributed by atoms with Crippen molar-refractivity contribution in [3.05, 3.63) is 100 Å². The van der Waals surface area contributed by atoms with Gasteiger partial charge in [0.1, 0.15) is 18.8 Å². The lowest BCUT2D eigenvalue weighted by Gasteiger charge is -2.27. The minimum atomic E-state index is -1.32. The fourth-order valence-corrected chi connectivity index (χ4v) is 4.37. The van der Waals surface area contributed by atoms with Gasteiger partial charge in [0.2, 0.25) is 11.8 Å². The third-order valence-electron chi connectivity index (χ3n) is 6.34. The average Bonchev–Trinajstić information content (AvgIpc) is 3.26. The van der Waals surface area contributed by atoms with Crippen molar-refractivity contribution in [2.24, 2.45) is 0 Å². The molecule has 0 spiro atoms. The largest absolute Gasteiger partial charge is 0.343 e. The van der Waals surface area contributed by atoms with E-state index in [0.717, 1.165) is 17.3 Å². The Balaban J connectivity index is 1.56. The summed E-state index contributed by atoms with van der Waals surface area (Å²) >= 11 is 0. The summed E-state index contributed by atoms with van der Waals surface area (Å²) in [5.74, 6) is -0.542. The minimum Gasteiger partial charge on any atom is -0.343 e. The van der Waals surface area contributed by atoms with Gasteiger partial charge in [-0.15, -0.1) is 0 Å². The molecule has 3 unspecified atom stereocenters. The summed E-state index contributed by atoms with van der Waals surface area (Å²) in [7, 11) is 0. The van der Waals surface area contributed by atoms with Crippen molar-refractivity contribution >= 4 is 11.8 Å². The maximum absolute atomic E-state index is 14.4. The summed E-state index contributed by atoms with van der Waals surface area (Å²) in [5, 5.41) is 3.04. The van der Waals surface area contributed by atoms with Gasteiger partial charge in [0, 0.05) is 18.8 Å². The molecule has 1 aliphatic heterocycles. The van der Waals surface area contributed by atoms with E-state index in [0.29, 0.717) is 5.92 Å². The molecule has 0 saturated carbocycles. The van der Waals surface area contributed by atoms with Crippen LogP contribution < -0.4 is 10.9 Å². The predicted octanol–water partition coefficient (Wildman–Crippen LogP) is 3.21. The normalized spacial score (nSPS) is 18.5. The molecule has 35 heavy (non-hydrogen) atoms. The van der Waals surface area contributed by atoms with Crippen molar-refractivity contribution in [2.45, 2.75) is 51.0 Å². The van der Waals surface area contributed by atoms with Gasteiger partial charge >= 0.3 is 0 Å². The van der Waals surface area contributed by atoms with E-state index in [1.54, 1.807) is 0 Å². The molecular weight excluding hydrogens is 447 g/mol. The van der Waals surface area contributed by atoms with Gasteiger partial charge in [0.15, 0.2) is 0 Å². The number of amides is 2. The first-order valence-electron chi connectivity index (χ1n) is 11.7. The first kappa shape index (κ1) is 24.3. The Morgan fingerprint density at radius 1 is 1.06 bits per heavy atom. The van der Waals surface area contributed by atoms with Crippen LogP contribution in [0.5, 0.6) is 0 Å². The summed E-state index contributed by atoms with van der Waals surface area (Å²) in [6.07, 6.45) is 2.50. The second-order valence-corrected chi connectivity index (χ2v) is 9.11. The van der Waals surface area contributed by atoms with Crippen molar-refractivity contribution in [3.8, 4) is 0 Å². The molecule has 7 nitrogen and oxygen atoms in total. The van der Waals surface area contributed by atoms with E-state index in [9.17, 15) is 18.8 Å². The number of carbonyl (C=O) groups excluding carboxylic acids is 2. The van der Waals surface area contributed by atoms with Gasteiger partial charge in [-0.2, -0.15) is 0 Å². The number of rotatable bonds is 7. The fraction of sp³-hybridized carbons (Fsp3) is 0.333. The Hall–Kier alpha value is -3.81. The number of benzene rings is 2. The molecule has 1 aliphatic rings. The number of hydrogen-bond acceptors (Lipinski definition) is 4. The Kier molecular flexibility index (Phi) is 7.39. The quantitative estimate of drug-likeness (QED) is 0.568. The van der Waals surface area contributed by atoms with Crippen molar-refractivity contribution in [2.75, 3.05) is 6.54 Å². The molecule has 3 atom stereocenters. The zero-order chi connectivity index (χ0) is 24.9. The highest BCUT2D eigenvalue weighted by atomic mass is 19.1. The molecule has 1 aromatic heterocycles. The number of aromatic nitrogens is 2. The van der Waals surface area contributed by atoms with Crippen molar-refractivity contribution < 1.29 is 14.0 Å². The van der Waals surface area contributed by atoms with Crippen LogP contribution in [-0.2, 0) is 16.1 Å². The Bertz CT molecular complexity index is 1230. The summed E-state index contributed by atoms with van der Waals surface area (Å²) in [6.45, 7) is 3.77. The van der Waals surface area contributed by atoms with Gasteiger partial charge in [-0.3, -0.25) is 19.4 Å². The van der Waals surface area contributed by atoms with E-state index in [1.165, 1.54) is 27.4 Å². The number of nitrogens with one attached hydrogen (secondary N) is 1. The molecule has 2 amide bonds. The van der Waals surface area contributed by atoms with E-state index in [4.69, 9.17) is 0 Å². The van der Waals surface area contributed by atoms with E-state index >= 15 is 0 Å². The number of halogens is 1. The molecule has 0 bridgehead atoms. The van der Waals surface area contributed by atoms with E-state index in [1.807, 2.05) is 54.6 Å². The predicted molar refractivity (Wildman–Crippen MR) is 130 cm³/mol. The van der Waals surface area contributed by atoms with Crippen LogP contribution in [0.15, 0.2) is 78.0 Å². The Labute approximate surface area is 203 Å². The van der Waals surface area contributed by atoms with E-state index in [2.05, 4.69) is 24.1 Å². The van der Waals surface area contributed by atoms with Crippen LogP contribution >= 0.6 is 0 Å². The molecule has 4 rings (SSSR count). The SMILES string of the molecule is CC(C)c1ccc(C(NC(=O)C2CC(F)CN2C(=O)Cn2ccncc2=O)c2ccccc2)cc1. The third-order valence-corrected chi connectivity index (χ3v) is 6.34. The fourth-order valence-electron chi connectivity index (χ4n) is 4.37. The van der Waals surface area contributed by atoms with Crippen LogP contribution in [-0.4, -0.2) is 45.0 Å². The summed E-state index contributed by atoms with van der Waals surface area (Å²) in [5.41, 5.74) is 2.53. The standard InChI is InChI=1S/C27H29FN4O3/c1-18(2)19-8-10-21(11-9-19)26(20-6-4-3-5-7-20)30-27(35)23-14-22(28)16-32(23)25(34)17-31-13-12-29-15-24(31)33/h3-13,15,18,22-23,26H,14,16-17H2,1-2H3,(H,30,35). The van der Waals surface area contributed by atoms with Gasteiger partial charge in [-0.1, -0.05) is 68.4 Å². The molecule has 3 aromatic rings. The monoisotopic (exact) mass is 476 g/mol. The average molecular weight is 477 g/mol. The lowest BCUT2D eigenvalue weighted by atomic mass is 9.95. The lowest BCUT2D eigenvalue weighted by molar-refractivity contribution is -0.139. The van der Waals surface area contributed by atoms with Gasteiger partial charge < -0.3 is 14.8 Å². The topological polar surface area (TPSA) is 84.3 Å². The van der Waals surface area contributed by atoms with Gasteiger partial charge in [-0.25, -0.2) is 4.39 Å². The first-order chi connectivity index (χ1) is 16.8. The number of likely N-dealkylation sites (tertiary alicyclic amines) is 1. The number of nitrogens with zero attached hydrogens (tertiary/aromatic N) is 3. The molecule has 8 heteroatoms. The van der Waals surface area contributed by atoms with E-state index < -0.39 is 35.6 Å². The highest BCUT2D eigenvalue weighted by molar-refractivity contribution is 5.89. The molecule has 1 N–H and O–H groups in total. The smallest absolute Gasteiger partial charge is 0.269 e. The van der Waals surface area contributed by atoms with Gasteiger partial charge in [0.05, 0.1) is 18.8 Å². The van der Waals surface area contributed by atoms with Crippen LogP contribution in [0.4, 0.5) is 4.39 Å². The van der Waals surface area contributed by atoms with Crippen LogP contribution in [0, 0.1) is 0 Å². The minimum absolute atomic E-state index is 0.0867. The van der Waals surface area contributed by atoms with Gasteiger partial charge in [-0.05, 0) is 22.6 Å². The van der Waals surface area contributed by atoms with Crippen LogP contribution in [0.1, 0.15) is 48.9 Å². The lowest BCUT2D eigenvalue weighted by Crippen LogP contribution is -2.48. The first-order valence-corrected chi connectivity index (χ1v) is 11.7. The second kappa shape index (κ2) is 10.6. The van der Waals surface area contributed by atoms with Crippen LogP contribution in [0.25, 0.3) is 0 Å². The maximum Gasteiger partial charge on any atom is 0.269 e. The van der Waals surface area contributed by atoms with Crippen molar-refractivity contribution in [3.63, 3.8) is 0 Å². The molecule has 1 fully saturated rings. The molecule has 1 saturated heterocycles. The van der Waals surface area contributed by atoms with Crippen molar-refractivity contribution in [1.29, 1.82) is 0 Å².